The maximum absolute atomic E-state index is 9.95. The van der Waals surface area contributed by atoms with Crippen molar-refractivity contribution in [2.75, 3.05) is 31.9 Å². The van der Waals surface area contributed by atoms with Gasteiger partial charge in [0.15, 0.2) is 0 Å². The molecule has 0 aliphatic carbocycles. The van der Waals surface area contributed by atoms with Gasteiger partial charge in [-0.3, -0.25) is 0 Å². The third-order valence-electron chi connectivity index (χ3n) is 7.05. The molecule has 10 N–H and O–H groups in total. The van der Waals surface area contributed by atoms with E-state index in [9.17, 15) is 20.4 Å². The van der Waals surface area contributed by atoms with E-state index in [1.54, 1.807) is 78.9 Å². The number of nitrogens with one attached hydrogen (secondary N) is 6. The summed E-state index contributed by atoms with van der Waals surface area (Å²) in [5, 5.41) is 58.5. The maximum Gasteiger partial charge on any atom is 0.233 e. The average molecular weight is 695 g/mol. The fraction of sp³-hybridized carbons (Fsp3) is 0. The summed E-state index contributed by atoms with van der Waals surface area (Å²) in [4.78, 5) is 27.0. The molecule has 0 saturated heterocycles. The van der Waals surface area contributed by atoms with Gasteiger partial charge < -0.3 is 52.3 Å². The van der Waals surface area contributed by atoms with Crippen LogP contribution in [-0.2, 0) is 0 Å². The lowest BCUT2D eigenvalue weighted by molar-refractivity contribution is 0.475. The van der Waals surface area contributed by atoms with Crippen LogP contribution < -0.4 is 31.9 Å². The summed E-state index contributed by atoms with van der Waals surface area (Å²) < 4.78 is 0. The van der Waals surface area contributed by atoms with E-state index in [1.807, 2.05) is 18.2 Å². The van der Waals surface area contributed by atoms with E-state index in [4.69, 9.17) is 0 Å². The van der Waals surface area contributed by atoms with Crippen LogP contribution in [-0.4, -0.2) is 50.3 Å². The molecule has 52 heavy (non-hydrogen) atoms. The highest BCUT2D eigenvalue weighted by Gasteiger charge is 2.12. The molecule has 7 rings (SSSR count). The highest BCUT2D eigenvalue weighted by molar-refractivity contribution is 5.68. The first kappa shape index (κ1) is 32.7. The predicted molar refractivity (Wildman–Crippen MR) is 198 cm³/mol. The summed E-state index contributed by atoms with van der Waals surface area (Å²) in [6.45, 7) is 0. The molecule has 0 bridgehead atoms. The second kappa shape index (κ2) is 14.7. The van der Waals surface area contributed by atoms with Gasteiger partial charge in [0.05, 0.1) is 0 Å². The first-order valence-electron chi connectivity index (χ1n) is 15.7. The van der Waals surface area contributed by atoms with E-state index in [-0.39, 0.29) is 58.7 Å². The van der Waals surface area contributed by atoms with Crippen LogP contribution >= 0.6 is 0 Å². The number of aromatic hydroxyl groups is 4. The molecule has 0 radical (unpaired) electrons. The number of benzene rings is 5. The Labute approximate surface area is 296 Å². The molecule has 2 heterocycles. The van der Waals surface area contributed by atoms with Gasteiger partial charge >= 0.3 is 0 Å². The lowest BCUT2D eigenvalue weighted by Crippen LogP contribution is -2.08. The fourth-order valence-electron chi connectivity index (χ4n) is 4.87. The standard InChI is InChI=1S/C36H30N12O4/c49-27-12-2-8-23(17-27)39-33-43-31(44-34(47-33)40-24-9-3-13-28(50)18-24)37-21-6-1-7-22(16-21)38-32-45-35(41-25-10-4-14-29(51)19-25)48-36(46-32)42-26-11-5-15-30(52)20-26/h1-20,49-52H,(H3,37,39,40,43,44,47)(H3,38,41,42,45,46,48). The van der Waals surface area contributed by atoms with Gasteiger partial charge in [0.1, 0.15) is 23.0 Å². The van der Waals surface area contributed by atoms with Crippen LogP contribution in [0, 0.1) is 0 Å². The van der Waals surface area contributed by atoms with E-state index in [1.165, 1.54) is 24.3 Å². The average Bonchev–Trinajstić information content (AvgIpc) is 3.08. The summed E-state index contributed by atoms with van der Waals surface area (Å²) in [7, 11) is 0. The first-order valence-corrected chi connectivity index (χ1v) is 15.7. The Morgan fingerprint density at radius 1 is 0.269 bits per heavy atom. The second-order valence-corrected chi connectivity index (χ2v) is 11.1. The second-order valence-electron chi connectivity index (χ2n) is 11.1. The highest BCUT2D eigenvalue weighted by atomic mass is 16.3. The molecule has 0 unspecified atom stereocenters. The Morgan fingerprint density at radius 2 is 0.462 bits per heavy atom. The van der Waals surface area contributed by atoms with Gasteiger partial charge in [-0.25, -0.2) is 0 Å². The van der Waals surface area contributed by atoms with Gasteiger partial charge in [-0.1, -0.05) is 30.3 Å². The van der Waals surface area contributed by atoms with Crippen molar-refractivity contribution >= 4 is 69.8 Å². The zero-order chi connectivity index (χ0) is 35.9. The molecule has 0 aliphatic heterocycles. The van der Waals surface area contributed by atoms with Gasteiger partial charge in [-0.05, 0) is 66.7 Å². The molecule has 258 valence electrons. The highest BCUT2D eigenvalue weighted by Crippen LogP contribution is 2.27. The molecule has 0 spiro atoms. The molecule has 7 aromatic rings. The van der Waals surface area contributed by atoms with Crippen LogP contribution in [0.3, 0.4) is 0 Å². The number of hydrogen-bond acceptors (Lipinski definition) is 16. The third kappa shape index (κ3) is 8.77. The first-order chi connectivity index (χ1) is 25.3. The lowest BCUT2D eigenvalue weighted by Gasteiger charge is -2.13. The van der Waals surface area contributed by atoms with Crippen molar-refractivity contribution in [1.29, 1.82) is 0 Å². The quantitative estimate of drug-likeness (QED) is 0.0603. The topological polar surface area (TPSA) is 230 Å². The molecule has 0 saturated carbocycles. The fourth-order valence-corrected chi connectivity index (χ4v) is 4.87. The van der Waals surface area contributed by atoms with Gasteiger partial charge in [0.25, 0.3) is 0 Å². The van der Waals surface area contributed by atoms with Crippen LogP contribution in [0.2, 0.25) is 0 Å². The number of aromatic nitrogens is 6. The normalized spacial score (nSPS) is 10.6. The number of phenolic OH excluding ortho intramolecular Hbond substituents is 4. The van der Waals surface area contributed by atoms with Crippen molar-refractivity contribution < 1.29 is 20.4 Å². The van der Waals surface area contributed by atoms with Crippen molar-refractivity contribution in [1.82, 2.24) is 29.9 Å². The van der Waals surface area contributed by atoms with Crippen LogP contribution in [0.5, 0.6) is 23.0 Å². The zero-order valence-electron chi connectivity index (χ0n) is 27.0. The summed E-state index contributed by atoms with van der Waals surface area (Å²) in [6, 6.07) is 33.3. The molecule has 16 nitrogen and oxygen atoms in total. The molecule has 0 aliphatic rings. The summed E-state index contributed by atoms with van der Waals surface area (Å²) >= 11 is 0. The number of anilines is 12. The van der Waals surface area contributed by atoms with Crippen LogP contribution in [0.1, 0.15) is 0 Å². The Bertz CT molecular complexity index is 2070. The van der Waals surface area contributed by atoms with E-state index in [0.717, 1.165) is 0 Å². The number of phenols is 4. The third-order valence-corrected chi connectivity index (χ3v) is 7.05. The van der Waals surface area contributed by atoms with Crippen LogP contribution in [0.25, 0.3) is 0 Å². The minimum absolute atomic E-state index is 0.0718. The smallest absolute Gasteiger partial charge is 0.233 e. The molecular formula is C36H30N12O4. The lowest BCUT2D eigenvalue weighted by atomic mass is 10.3. The predicted octanol–water partition coefficient (Wildman–Crippen LogP) is 7.34. The monoisotopic (exact) mass is 694 g/mol. The van der Waals surface area contributed by atoms with E-state index in [2.05, 4.69) is 61.8 Å². The molecule has 0 fully saturated rings. The van der Waals surface area contributed by atoms with E-state index in [0.29, 0.717) is 34.1 Å². The molecule has 2 aromatic heterocycles. The zero-order valence-corrected chi connectivity index (χ0v) is 27.0. The van der Waals surface area contributed by atoms with Gasteiger partial charge in [-0.15, -0.1) is 0 Å². The molecule has 0 amide bonds. The number of rotatable bonds is 12. The Hall–Kier alpha value is -7.88. The number of nitrogens with zero attached hydrogens (tertiary/aromatic N) is 6. The van der Waals surface area contributed by atoms with E-state index < -0.39 is 0 Å². The largest absolute Gasteiger partial charge is 0.508 e. The molecule has 16 heteroatoms. The van der Waals surface area contributed by atoms with Gasteiger partial charge in [0, 0.05) is 58.4 Å². The maximum atomic E-state index is 9.95. The van der Waals surface area contributed by atoms with Crippen molar-refractivity contribution in [3.8, 4) is 23.0 Å². The minimum Gasteiger partial charge on any atom is -0.508 e. The molecule has 0 atom stereocenters. The van der Waals surface area contributed by atoms with Crippen molar-refractivity contribution in [2.24, 2.45) is 0 Å². The Morgan fingerprint density at radius 3 is 0.673 bits per heavy atom. The Kier molecular flexibility index (Phi) is 9.24. The van der Waals surface area contributed by atoms with Crippen molar-refractivity contribution in [3.63, 3.8) is 0 Å². The van der Waals surface area contributed by atoms with Crippen LogP contribution in [0.15, 0.2) is 121 Å². The number of hydrogen-bond donors (Lipinski definition) is 10. The van der Waals surface area contributed by atoms with Crippen molar-refractivity contribution in [3.05, 3.63) is 121 Å². The molecular weight excluding hydrogens is 664 g/mol. The van der Waals surface area contributed by atoms with Crippen molar-refractivity contribution in [2.45, 2.75) is 0 Å². The van der Waals surface area contributed by atoms with Crippen LogP contribution in [0.4, 0.5) is 69.8 Å². The minimum atomic E-state index is 0.0718. The summed E-state index contributed by atoms with van der Waals surface area (Å²) in [6.07, 6.45) is 0. The SMILES string of the molecule is Oc1cccc(Nc2nc(Nc3cccc(O)c3)nc(Nc3cccc(Nc4nc(Nc5cccc(O)c5)nc(Nc5cccc(O)c5)n4)c3)n2)c1. The molecule has 5 aromatic carbocycles. The summed E-state index contributed by atoms with van der Waals surface area (Å²) in [5.74, 6) is 1.40. The van der Waals surface area contributed by atoms with Gasteiger partial charge in [-0.2, -0.15) is 29.9 Å². The summed E-state index contributed by atoms with van der Waals surface area (Å²) in [5.41, 5.74) is 3.43. The Balaban J connectivity index is 1.16. The van der Waals surface area contributed by atoms with E-state index >= 15 is 0 Å². The van der Waals surface area contributed by atoms with Gasteiger partial charge in [0.2, 0.25) is 35.7 Å².